The molecule has 0 aliphatic heterocycles. The molecule has 0 amide bonds. The van der Waals surface area contributed by atoms with E-state index >= 15 is 0 Å². The number of hydrogen-bond donors (Lipinski definition) is 0. The fourth-order valence-corrected chi connectivity index (χ4v) is 1.01. The molecule has 1 atom stereocenters. The Bertz CT molecular complexity index is 136. The van der Waals surface area contributed by atoms with Crippen molar-refractivity contribution in [3.63, 3.8) is 0 Å². The van der Waals surface area contributed by atoms with Crippen LogP contribution in [-0.4, -0.2) is 11.5 Å². The van der Waals surface area contributed by atoms with Crippen LogP contribution in [0.2, 0.25) is 0 Å². The van der Waals surface area contributed by atoms with E-state index in [0.29, 0.717) is 6.42 Å². The van der Waals surface area contributed by atoms with Crippen molar-refractivity contribution >= 4 is 10.8 Å². The third-order valence-electron chi connectivity index (χ3n) is 1.37. The molecular formula is C6H11F2NS. The smallest absolute Gasteiger partial charge is 0.0622 e. The number of nitriles is 1. The molecule has 0 N–H and O–H groups in total. The van der Waals surface area contributed by atoms with Crippen LogP contribution in [0.25, 0.3) is 0 Å². The second kappa shape index (κ2) is 3.77. The third-order valence-corrected chi connectivity index (χ3v) is 3.02. The molecule has 0 rings (SSSR count). The first-order valence-electron chi connectivity index (χ1n) is 3.02. The lowest BCUT2D eigenvalue weighted by atomic mass is 10.3. The van der Waals surface area contributed by atoms with E-state index in [-0.39, 0.29) is 6.42 Å². The number of nitrogens with zero attached hydrogens (tertiary/aromatic N) is 1. The van der Waals surface area contributed by atoms with Crippen LogP contribution < -0.4 is 0 Å². The van der Waals surface area contributed by atoms with E-state index in [1.54, 1.807) is 0 Å². The van der Waals surface area contributed by atoms with Crippen molar-refractivity contribution in [2.45, 2.75) is 25.0 Å². The van der Waals surface area contributed by atoms with Crippen molar-refractivity contribution in [2.75, 3.05) is 6.26 Å². The Morgan fingerprint density at radius 2 is 2.10 bits per heavy atom. The summed E-state index contributed by atoms with van der Waals surface area (Å²) < 4.78 is 24.8. The minimum atomic E-state index is -3.43. The first-order chi connectivity index (χ1) is 4.48. The van der Waals surface area contributed by atoms with Crippen LogP contribution in [0, 0.1) is 11.3 Å². The monoisotopic (exact) mass is 167 g/mol. The lowest BCUT2D eigenvalue weighted by Gasteiger charge is -2.21. The number of rotatable bonds is 3. The molecule has 0 bridgehead atoms. The predicted molar refractivity (Wildman–Crippen MR) is 40.0 cm³/mol. The highest BCUT2D eigenvalue weighted by Gasteiger charge is 2.23. The average Bonchev–Trinajstić information content (AvgIpc) is 1.80. The summed E-state index contributed by atoms with van der Waals surface area (Å²) in [5.41, 5.74) is 0. The summed E-state index contributed by atoms with van der Waals surface area (Å²) in [6, 6.07) is 1.85. The highest BCUT2D eigenvalue weighted by molar-refractivity contribution is 8.25. The van der Waals surface area contributed by atoms with Crippen molar-refractivity contribution < 1.29 is 7.77 Å². The van der Waals surface area contributed by atoms with E-state index in [0.717, 1.165) is 6.26 Å². The fourth-order valence-electron chi connectivity index (χ4n) is 0.475. The first kappa shape index (κ1) is 9.70. The molecule has 4 heteroatoms. The van der Waals surface area contributed by atoms with E-state index < -0.39 is 16.0 Å². The summed E-state index contributed by atoms with van der Waals surface area (Å²) in [6.07, 6.45) is 1.52. The normalized spacial score (nSPS) is 15.9. The molecule has 0 aliphatic rings. The van der Waals surface area contributed by atoms with Gasteiger partial charge in [-0.15, -0.1) is 0 Å². The largest absolute Gasteiger partial charge is 0.198 e. The van der Waals surface area contributed by atoms with Crippen LogP contribution in [0.4, 0.5) is 7.77 Å². The maximum Gasteiger partial charge on any atom is 0.0622 e. The van der Waals surface area contributed by atoms with Gasteiger partial charge in [0.25, 0.3) is 0 Å². The lowest BCUT2D eigenvalue weighted by molar-refractivity contribution is 0.690. The first-order valence-corrected chi connectivity index (χ1v) is 4.92. The van der Waals surface area contributed by atoms with Gasteiger partial charge in [-0.05, 0) is 6.42 Å². The molecule has 0 saturated heterocycles. The summed E-state index contributed by atoms with van der Waals surface area (Å²) in [6.45, 7) is 1.49. The number of hydrogen-bond acceptors (Lipinski definition) is 1. The van der Waals surface area contributed by atoms with Gasteiger partial charge in [0, 0.05) is 17.9 Å². The van der Waals surface area contributed by atoms with E-state index in [2.05, 4.69) is 0 Å². The number of halogens is 2. The zero-order valence-corrected chi connectivity index (χ0v) is 6.92. The van der Waals surface area contributed by atoms with E-state index in [1.165, 1.54) is 6.92 Å². The van der Waals surface area contributed by atoms with Crippen LogP contribution in [0.5, 0.6) is 0 Å². The SMILES string of the molecule is CC(CCC#N)S(C)(F)F. The van der Waals surface area contributed by atoms with Crippen molar-refractivity contribution in [1.29, 1.82) is 5.26 Å². The van der Waals surface area contributed by atoms with Gasteiger partial charge in [0.15, 0.2) is 0 Å². The molecule has 10 heavy (non-hydrogen) atoms. The van der Waals surface area contributed by atoms with Crippen molar-refractivity contribution in [1.82, 2.24) is 0 Å². The van der Waals surface area contributed by atoms with Gasteiger partial charge in [-0.3, -0.25) is 0 Å². The Morgan fingerprint density at radius 1 is 1.60 bits per heavy atom. The standard InChI is InChI=1S/C6H11F2NS/c1-6(4-3-5-9)10(2,7)8/h6H,3-4H2,1-2H3. The summed E-state index contributed by atoms with van der Waals surface area (Å²) in [5, 5.41) is 7.49. The minimum absolute atomic E-state index is 0.234. The molecule has 0 fully saturated rings. The molecule has 1 unspecified atom stereocenters. The molecule has 0 aromatic heterocycles. The molecule has 0 aromatic carbocycles. The van der Waals surface area contributed by atoms with Gasteiger partial charge in [0.1, 0.15) is 0 Å². The van der Waals surface area contributed by atoms with Gasteiger partial charge in [0.05, 0.1) is 16.9 Å². The quantitative estimate of drug-likeness (QED) is 0.634. The van der Waals surface area contributed by atoms with Crippen molar-refractivity contribution in [3.05, 3.63) is 0 Å². The van der Waals surface area contributed by atoms with Crippen LogP contribution >= 0.6 is 10.8 Å². The van der Waals surface area contributed by atoms with Crippen LogP contribution in [0.15, 0.2) is 0 Å². The molecule has 0 aliphatic carbocycles. The highest BCUT2D eigenvalue weighted by atomic mass is 32.3. The average molecular weight is 167 g/mol. The Labute approximate surface area is 61.9 Å². The minimum Gasteiger partial charge on any atom is -0.198 e. The van der Waals surface area contributed by atoms with E-state index in [1.807, 2.05) is 6.07 Å². The van der Waals surface area contributed by atoms with Crippen LogP contribution in [0.1, 0.15) is 19.8 Å². The fraction of sp³-hybridized carbons (Fsp3) is 0.833. The molecule has 0 heterocycles. The lowest BCUT2D eigenvalue weighted by Crippen LogP contribution is -2.04. The third kappa shape index (κ3) is 3.67. The van der Waals surface area contributed by atoms with E-state index in [4.69, 9.17) is 5.26 Å². The summed E-state index contributed by atoms with van der Waals surface area (Å²) in [4.78, 5) is 0. The van der Waals surface area contributed by atoms with Crippen molar-refractivity contribution in [3.8, 4) is 6.07 Å². The Hall–Kier alpha value is -0.300. The zero-order chi connectivity index (χ0) is 8.20. The van der Waals surface area contributed by atoms with Gasteiger partial charge >= 0.3 is 0 Å². The molecule has 0 aromatic rings. The molecule has 1 nitrogen and oxygen atoms in total. The second-order valence-electron chi connectivity index (χ2n) is 2.29. The molecule has 60 valence electrons. The van der Waals surface area contributed by atoms with Gasteiger partial charge < -0.3 is 0 Å². The maximum absolute atomic E-state index is 12.4. The van der Waals surface area contributed by atoms with Gasteiger partial charge in [-0.2, -0.15) is 13.0 Å². The van der Waals surface area contributed by atoms with Crippen molar-refractivity contribution in [2.24, 2.45) is 0 Å². The van der Waals surface area contributed by atoms with Crippen LogP contribution in [0.3, 0.4) is 0 Å². The Morgan fingerprint density at radius 3 is 2.40 bits per heavy atom. The molecule has 0 spiro atoms. The Kier molecular flexibility index (Phi) is 3.66. The van der Waals surface area contributed by atoms with Gasteiger partial charge in [-0.25, -0.2) is 0 Å². The molecule has 0 saturated carbocycles. The zero-order valence-electron chi connectivity index (χ0n) is 6.10. The van der Waals surface area contributed by atoms with Crippen LogP contribution in [-0.2, 0) is 0 Å². The van der Waals surface area contributed by atoms with Gasteiger partial charge in [-0.1, -0.05) is 6.92 Å². The molecular weight excluding hydrogens is 156 g/mol. The topological polar surface area (TPSA) is 23.8 Å². The molecule has 0 radical (unpaired) electrons. The summed E-state index contributed by atoms with van der Waals surface area (Å²) in [5.74, 6) is 0. The van der Waals surface area contributed by atoms with Gasteiger partial charge in [0.2, 0.25) is 0 Å². The van der Waals surface area contributed by atoms with E-state index in [9.17, 15) is 7.77 Å². The predicted octanol–water partition coefficient (Wildman–Crippen LogP) is 2.88. The Balaban J connectivity index is 3.65. The summed E-state index contributed by atoms with van der Waals surface area (Å²) in [7, 11) is -3.43. The maximum atomic E-state index is 12.4. The summed E-state index contributed by atoms with van der Waals surface area (Å²) >= 11 is 0. The second-order valence-corrected chi connectivity index (χ2v) is 4.65. The highest BCUT2D eigenvalue weighted by Crippen LogP contribution is 2.53.